The van der Waals surface area contributed by atoms with Gasteiger partial charge in [0.1, 0.15) is 5.69 Å². The molecule has 29 heavy (non-hydrogen) atoms. The number of carbonyl (C=O) groups is 1. The van der Waals surface area contributed by atoms with Gasteiger partial charge >= 0.3 is 0 Å². The maximum absolute atomic E-state index is 12.2. The number of aromatic nitrogens is 3. The molecule has 2 aromatic heterocycles. The molecule has 0 radical (unpaired) electrons. The normalized spacial score (nSPS) is 10.9. The first-order chi connectivity index (χ1) is 14.3. The lowest BCUT2D eigenvalue weighted by Crippen LogP contribution is -2.17. The van der Waals surface area contributed by atoms with E-state index in [9.17, 15) is 4.79 Å². The van der Waals surface area contributed by atoms with Gasteiger partial charge in [0, 0.05) is 35.3 Å². The Morgan fingerprint density at radius 2 is 1.66 bits per heavy atom. The number of nitrogens with zero attached hydrogens (tertiary/aromatic N) is 4. The zero-order valence-electron chi connectivity index (χ0n) is 15.6. The number of amides is 1. The SMILES string of the molecule is O=C(N/N=C\c1cn(Cc2ccccc2)nc1-c1ccccc1)c1ccncc1. The van der Waals surface area contributed by atoms with Crippen molar-refractivity contribution in [1.82, 2.24) is 20.2 Å². The van der Waals surface area contributed by atoms with E-state index in [1.807, 2.05) is 59.4 Å². The molecule has 6 nitrogen and oxygen atoms in total. The third-order valence-electron chi connectivity index (χ3n) is 4.34. The Hall–Kier alpha value is -4.06. The molecular weight excluding hydrogens is 362 g/mol. The fraction of sp³-hybridized carbons (Fsp3) is 0.0435. The van der Waals surface area contributed by atoms with Gasteiger partial charge in [-0.2, -0.15) is 10.2 Å². The summed E-state index contributed by atoms with van der Waals surface area (Å²) in [5.74, 6) is -0.290. The van der Waals surface area contributed by atoms with Crippen LogP contribution in [0.4, 0.5) is 0 Å². The van der Waals surface area contributed by atoms with Crippen LogP contribution in [0.15, 0.2) is 96.5 Å². The zero-order valence-corrected chi connectivity index (χ0v) is 15.6. The molecule has 4 rings (SSSR count). The Morgan fingerprint density at radius 1 is 0.966 bits per heavy atom. The van der Waals surface area contributed by atoms with Gasteiger partial charge in [-0.3, -0.25) is 14.5 Å². The number of carbonyl (C=O) groups excluding carboxylic acids is 1. The molecule has 1 amide bonds. The van der Waals surface area contributed by atoms with Crippen molar-refractivity contribution in [2.75, 3.05) is 0 Å². The van der Waals surface area contributed by atoms with E-state index in [-0.39, 0.29) is 5.91 Å². The van der Waals surface area contributed by atoms with Gasteiger partial charge in [0.2, 0.25) is 0 Å². The van der Waals surface area contributed by atoms with Crippen LogP contribution in [0.5, 0.6) is 0 Å². The van der Waals surface area contributed by atoms with E-state index in [0.717, 1.165) is 22.4 Å². The molecule has 4 aromatic rings. The zero-order chi connectivity index (χ0) is 19.9. The van der Waals surface area contributed by atoms with E-state index >= 15 is 0 Å². The van der Waals surface area contributed by atoms with Crippen molar-refractivity contribution in [3.05, 3.63) is 108 Å². The van der Waals surface area contributed by atoms with Crippen LogP contribution >= 0.6 is 0 Å². The number of benzene rings is 2. The average Bonchev–Trinajstić information content (AvgIpc) is 3.18. The Kier molecular flexibility index (Phi) is 5.53. The summed E-state index contributed by atoms with van der Waals surface area (Å²) in [6.45, 7) is 0.651. The molecule has 142 valence electrons. The van der Waals surface area contributed by atoms with Crippen LogP contribution in [0.1, 0.15) is 21.5 Å². The van der Waals surface area contributed by atoms with Crippen LogP contribution in [0.25, 0.3) is 11.3 Å². The van der Waals surface area contributed by atoms with E-state index in [2.05, 4.69) is 27.6 Å². The summed E-state index contributed by atoms with van der Waals surface area (Å²) in [5.41, 5.74) is 6.82. The maximum atomic E-state index is 12.2. The van der Waals surface area contributed by atoms with Gasteiger partial charge in [0.15, 0.2) is 0 Å². The molecule has 0 aliphatic rings. The number of hydrogen-bond acceptors (Lipinski definition) is 4. The molecule has 0 spiro atoms. The highest BCUT2D eigenvalue weighted by atomic mass is 16.2. The van der Waals surface area contributed by atoms with E-state index in [4.69, 9.17) is 5.10 Å². The van der Waals surface area contributed by atoms with Crippen LogP contribution < -0.4 is 5.43 Å². The van der Waals surface area contributed by atoms with Gasteiger partial charge < -0.3 is 0 Å². The Labute approximate surface area is 168 Å². The van der Waals surface area contributed by atoms with Crippen molar-refractivity contribution in [3.8, 4) is 11.3 Å². The number of pyridine rings is 1. The molecule has 0 atom stereocenters. The lowest BCUT2D eigenvalue weighted by atomic mass is 10.1. The molecule has 2 heterocycles. The van der Waals surface area contributed by atoms with E-state index in [1.165, 1.54) is 0 Å². The van der Waals surface area contributed by atoms with Gasteiger partial charge in [-0.25, -0.2) is 5.43 Å². The van der Waals surface area contributed by atoms with Crippen molar-refractivity contribution >= 4 is 12.1 Å². The van der Waals surface area contributed by atoms with Crippen molar-refractivity contribution < 1.29 is 4.79 Å². The first-order valence-corrected chi connectivity index (χ1v) is 9.20. The van der Waals surface area contributed by atoms with Crippen LogP contribution in [-0.4, -0.2) is 26.9 Å². The Bertz CT molecular complexity index is 1110. The molecule has 6 heteroatoms. The summed E-state index contributed by atoms with van der Waals surface area (Å²) in [5, 5.41) is 8.86. The topological polar surface area (TPSA) is 72.2 Å². The molecule has 0 saturated carbocycles. The number of hydrogen-bond donors (Lipinski definition) is 1. The smallest absolute Gasteiger partial charge is 0.267 e. The summed E-state index contributed by atoms with van der Waals surface area (Å²) < 4.78 is 1.88. The fourth-order valence-corrected chi connectivity index (χ4v) is 2.93. The second-order valence-corrected chi connectivity index (χ2v) is 6.42. The second kappa shape index (κ2) is 8.75. The van der Waals surface area contributed by atoms with Crippen LogP contribution in [0.3, 0.4) is 0 Å². The van der Waals surface area contributed by atoms with Gasteiger partial charge in [0.25, 0.3) is 5.91 Å². The highest BCUT2D eigenvalue weighted by Crippen LogP contribution is 2.21. The predicted octanol–water partition coefficient (Wildman–Crippen LogP) is 3.76. The molecule has 2 aromatic carbocycles. The molecule has 1 N–H and O–H groups in total. The standard InChI is InChI=1S/C23H19N5O/c29-23(20-11-13-24-14-12-20)26-25-15-21-17-28(16-18-7-3-1-4-8-18)27-22(21)19-9-5-2-6-10-19/h1-15,17H,16H2,(H,26,29)/b25-15-. The van der Waals surface area contributed by atoms with Crippen molar-refractivity contribution in [1.29, 1.82) is 0 Å². The molecule has 0 aliphatic heterocycles. The monoisotopic (exact) mass is 381 g/mol. The largest absolute Gasteiger partial charge is 0.271 e. The minimum absolute atomic E-state index is 0.290. The van der Waals surface area contributed by atoms with Gasteiger partial charge in [-0.1, -0.05) is 60.7 Å². The van der Waals surface area contributed by atoms with Crippen molar-refractivity contribution in [3.63, 3.8) is 0 Å². The van der Waals surface area contributed by atoms with E-state index < -0.39 is 0 Å². The van der Waals surface area contributed by atoms with Crippen LogP contribution in [0, 0.1) is 0 Å². The predicted molar refractivity (Wildman–Crippen MR) is 113 cm³/mol. The summed E-state index contributed by atoms with van der Waals surface area (Å²) in [7, 11) is 0. The number of nitrogens with one attached hydrogen (secondary N) is 1. The third kappa shape index (κ3) is 4.62. The first-order valence-electron chi connectivity index (χ1n) is 9.20. The quantitative estimate of drug-likeness (QED) is 0.408. The minimum atomic E-state index is -0.290. The van der Waals surface area contributed by atoms with E-state index in [1.54, 1.807) is 30.7 Å². The lowest BCUT2D eigenvalue weighted by molar-refractivity contribution is 0.0955. The molecule has 0 fully saturated rings. The summed E-state index contributed by atoms with van der Waals surface area (Å²) >= 11 is 0. The summed E-state index contributed by atoms with van der Waals surface area (Å²) in [4.78, 5) is 16.1. The van der Waals surface area contributed by atoms with Crippen LogP contribution in [0.2, 0.25) is 0 Å². The highest BCUT2D eigenvalue weighted by molar-refractivity contribution is 5.95. The Morgan fingerprint density at radius 3 is 2.38 bits per heavy atom. The molecule has 0 unspecified atom stereocenters. The molecule has 0 bridgehead atoms. The maximum Gasteiger partial charge on any atom is 0.271 e. The lowest BCUT2D eigenvalue weighted by Gasteiger charge is -2.01. The average molecular weight is 381 g/mol. The van der Waals surface area contributed by atoms with Crippen molar-refractivity contribution in [2.24, 2.45) is 5.10 Å². The summed E-state index contributed by atoms with van der Waals surface area (Å²) in [6, 6.07) is 23.3. The number of hydrazone groups is 1. The second-order valence-electron chi connectivity index (χ2n) is 6.42. The van der Waals surface area contributed by atoms with E-state index in [0.29, 0.717) is 12.1 Å². The molecular formula is C23H19N5O. The third-order valence-corrected chi connectivity index (χ3v) is 4.34. The molecule has 0 aliphatic carbocycles. The van der Waals surface area contributed by atoms with Crippen LogP contribution in [-0.2, 0) is 6.54 Å². The number of rotatable bonds is 6. The Balaban J connectivity index is 1.58. The fourth-order valence-electron chi connectivity index (χ4n) is 2.93. The minimum Gasteiger partial charge on any atom is -0.267 e. The van der Waals surface area contributed by atoms with Gasteiger partial charge in [0.05, 0.1) is 12.8 Å². The molecule has 0 saturated heterocycles. The first kappa shape index (κ1) is 18.3. The van der Waals surface area contributed by atoms with Gasteiger partial charge in [-0.05, 0) is 17.7 Å². The van der Waals surface area contributed by atoms with Gasteiger partial charge in [-0.15, -0.1) is 0 Å². The summed E-state index contributed by atoms with van der Waals surface area (Å²) in [6.07, 6.45) is 6.69. The van der Waals surface area contributed by atoms with Crippen molar-refractivity contribution in [2.45, 2.75) is 6.54 Å². The highest BCUT2D eigenvalue weighted by Gasteiger charge is 2.10.